The second-order valence-electron chi connectivity index (χ2n) is 9.49. The molecule has 0 spiro atoms. The first-order valence-corrected chi connectivity index (χ1v) is 12.6. The Bertz CT molecular complexity index is 1180. The largest absolute Gasteiger partial charge is 0.353 e. The minimum absolute atomic E-state index is 0.0436. The van der Waals surface area contributed by atoms with Crippen molar-refractivity contribution >= 4 is 11.8 Å². The summed E-state index contributed by atoms with van der Waals surface area (Å²) in [6.45, 7) is 1.20. The quantitative estimate of drug-likeness (QED) is 0.581. The fourth-order valence-corrected chi connectivity index (χ4v) is 5.15. The molecule has 2 aromatic carbocycles. The summed E-state index contributed by atoms with van der Waals surface area (Å²) in [6.07, 6.45) is 6.48. The predicted molar refractivity (Wildman–Crippen MR) is 132 cm³/mol. The van der Waals surface area contributed by atoms with E-state index in [9.17, 15) is 14.0 Å². The zero-order valence-corrected chi connectivity index (χ0v) is 19.9. The number of nitrogens with one attached hydrogen (secondary N) is 1. The molecule has 1 aliphatic heterocycles. The van der Waals surface area contributed by atoms with Crippen molar-refractivity contribution in [3.8, 4) is 5.69 Å². The summed E-state index contributed by atoms with van der Waals surface area (Å²) in [5.41, 5.74) is 4.55. The van der Waals surface area contributed by atoms with Gasteiger partial charge in [0.2, 0.25) is 5.91 Å². The number of carbonyl (C=O) groups excluding carboxylic acids is 2. The summed E-state index contributed by atoms with van der Waals surface area (Å²) in [5.74, 6) is -0.273. The number of aromatic nitrogens is 2. The van der Waals surface area contributed by atoms with Crippen LogP contribution in [0.25, 0.3) is 5.69 Å². The first kappa shape index (κ1) is 23.3. The maximum atomic E-state index is 13.5. The van der Waals surface area contributed by atoms with Gasteiger partial charge in [0.25, 0.3) is 5.91 Å². The summed E-state index contributed by atoms with van der Waals surface area (Å²) in [4.78, 5) is 27.7. The number of piperidine rings is 1. The smallest absolute Gasteiger partial charge is 0.274 e. The Morgan fingerprint density at radius 3 is 2.43 bits per heavy atom. The molecule has 1 fully saturated rings. The van der Waals surface area contributed by atoms with Crippen LogP contribution in [-0.4, -0.2) is 45.6 Å². The molecule has 0 unspecified atom stereocenters. The highest BCUT2D eigenvalue weighted by molar-refractivity contribution is 5.94. The molecule has 2 heterocycles. The molecule has 0 saturated carbocycles. The number of nitrogens with zero attached hydrogens (tertiary/aromatic N) is 3. The van der Waals surface area contributed by atoms with Crippen molar-refractivity contribution in [3.63, 3.8) is 0 Å². The molecule has 1 saturated heterocycles. The van der Waals surface area contributed by atoms with Gasteiger partial charge in [0.15, 0.2) is 5.69 Å². The molecule has 1 aromatic heterocycles. The maximum Gasteiger partial charge on any atom is 0.274 e. The van der Waals surface area contributed by atoms with Gasteiger partial charge in [0.05, 0.1) is 5.69 Å². The van der Waals surface area contributed by atoms with Gasteiger partial charge < -0.3 is 10.2 Å². The minimum atomic E-state index is -0.291. The summed E-state index contributed by atoms with van der Waals surface area (Å²) >= 11 is 0. The molecular weight excluding hydrogens is 443 g/mol. The van der Waals surface area contributed by atoms with Gasteiger partial charge in [-0.25, -0.2) is 9.07 Å². The van der Waals surface area contributed by atoms with Crippen molar-refractivity contribution in [2.45, 2.75) is 57.4 Å². The molecular formula is C28H31FN4O2. The Hall–Kier alpha value is -3.48. The Morgan fingerprint density at radius 1 is 0.971 bits per heavy atom. The monoisotopic (exact) mass is 474 g/mol. The number of aryl methyl sites for hydroxylation is 1. The van der Waals surface area contributed by atoms with E-state index >= 15 is 0 Å². The average Bonchev–Trinajstić information content (AvgIpc) is 3.28. The number of fused-ring (bicyclic) bond motifs is 1. The second-order valence-corrected chi connectivity index (χ2v) is 9.49. The van der Waals surface area contributed by atoms with Crippen molar-refractivity contribution in [3.05, 3.63) is 82.9 Å². The SMILES string of the molecule is O=C(CCc1ccccc1)NC1CCN(C(=O)c2nn(-c3ccc(F)cc3)c3c2CCCC3)CC1. The van der Waals surface area contributed by atoms with Crippen LogP contribution in [0, 0.1) is 5.82 Å². The van der Waals surface area contributed by atoms with Crippen LogP contribution < -0.4 is 5.32 Å². The molecule has 1 N–H and O–H groups in total. The topological polar surface area (TPSA) is 67.2 Å². The minimum Gasteiger partial charge on any atom is -0.353 e. The molecule has 5 rings (SSSR count). The van der Waals surface area contributed by atoms with E-state index in [0.717, 1.165) is 67.5 Å². The Labute approximate surface area is 205 Å². The summed E-state index contributed by atoms with van der Waals surface area (Å²) in [5, 5.41) is 7.86. The Morgan fingerprint density at radius 2 is 1.69 bits per heavy atom. The zero-order chi connectivity index (χ0) is 24.2. The Balaban J connectivity index is 1.21. The van der Waals surface area contributed by atoms with E-state index in [0.29, 0.717) is 25.2 Å². The predicted octanol–water partition coefficient (Wildman–Crippen LogP) is 4.24. The number of hydrogen-bond donors (Lipinski definition) is 1. The van der Waals surface area contributed by atoms with Gasteiger partial charge in [-0.05, 0) is 74.8 Å². The van der Waals surface area contributed by atoms with Crippen LogP contribution in [0.5, 0.6) is 0 Å². The third-order valence-electron chi connectivity index (χ3n) is 7.08. The molecule has 0 radical (unpaired) electrons. The second kappa shape index (κ2) is 10.4. The lowest BCUT2D eigenvalue weighted by molar-refractivity contribution is -0.122. The fourth-order valence-electron chi connectivity index (χ4n) is 5.15. The Kier molecular flexibility index (Phi) is 6.93. The van der Waals surface area contributed by atoms with Crippen molar-refractivity contribution in [1.29, 1.82) is 0 Å². The molecule has 3 aromatic rings. The number of carbonyl (C=O) groups is 2. The highest BCUT2D eigenvalue weighted by Gasteiger charge is 2.31. The van der Waals surface area contributed by atoms with E-state index in [4.69, 9.17) is 5.10 Å². The molecule has 1 aliphatic carbocycles. The molecule has 0 atom stereocenters. The van der Waals surface area contributed by atoms with Gasteiger partial charge in [-0.2, -0.15) is 5.10 Å². The average molecular weight is 475 g/mol. The van der Waals surface area contributed by atoms with Gasteiger partial charge >= 0.3 is 0 Å². The number of hydrogen-bond acceptors (Lipinski definition) is 3. The van der Waals surface area contributed by atoms with Gasteiger partial charge in [-0.15, -0.1) is 0 Å². The van der Waals surface area contributed by atoms with Crippen LogP contribution in [0.1, 0.15) is 59.4 Å². The molecule has 2 amide bonds. The molecule has 6 nitrogen and oxygen atoms in total. The van der Waals surface area contributed by atoms with Gasteiger partial charge in [0.1, 0.15) is 5.82 Å². The maximum absolute atomic E-state index is 13.5. The normalized spacial score (nSPS) is 16.1. The summed E-state index contributed by atoms with van der Waals surface area (Å²) < 4.78 is 15.3. The lowest BCUT2D eigenvalue weighted by Crippen LogP contribution is -2.46. The molecule has 2 aliphatic rings. The van der Waals surface area contributed by atoms with Crippen molar-refractivity contribution < 1.29 is 14.0 Å². The van der Waals surface area contributed by atoms with Gasteiger partial charge in [0, 0.05) is 36.8 Å². The number of halogens is 1. The van der Waals surface area contributed by atoms with Crippen LogP contribution in [0.15, 0.2) is 54.6 Å². The number of rotatable bonds is 6. The standard InChI is InChI=1S/C28H31FN4O2/c29-21-11-13-23(14-12-21)33-25-9-5-4-8-24(25)27(31-33)28(35)32-18-16-22(17-19-32)30-26(34)15-10-20-6-2-1-3-7-20/h1-3,6-7,11-14,22H,4-5,8-10,15-19H2,(H,30,34). The van der Waals surface area contributed by atoms with Crippen LogP contribution in [0.2, 0.25) is 0 Å². The first-order chi connectivity index (χ1) is 17.1. The van der Waals surface area contributed by atoms with Crippen LogP contribution >= 0.6 is 0 Å². The van der Waals surface area contributed by atoms with Crippen LogP contribution in [-0.2, 0) is 24.1 Å². The van der Waals surface area contributed by atoms with Crippen molar-refractivity contribution in [2.24, 2.45) is 0 Å². The third-order valence-corrected chi connectivity index (χ3v) is 7.08. The zero-order valence-electron chi connectivity index (χ0n) is 19.9. The van der Waals surface area contributed by atoms with E-state index in [1.165, 1.54) is 12.1 Å². The van der Waals surface area contributed by atoms with E-state index in [1.54, 1.807) is 12.1 Å². The molecule has 35 heavy (non-hydrogen) atoms. The highest BCUT2D eigenvalue weighted by atomic mass is 19.1. The highest BCUT2D eigenvalue weighted by Crippen LogP contribution is 2.28. The van der Waals surface area contributed by atoms with E-state index in [-0.39, 0.29) is 23.7 Å². The van der Waals surface area contributed by atoms with Gasteiger partial charge in [-0.3, -0.25) is 9.59 Å². The molecule has 182 valence electrons. The van der Waals surface area contributed by atoms with E-state index in [2.05, 4.69) is 5.32 Å². The third kappa shape index (κ3) is 5.29. The number of amides is 2. The number of likely N-dealkylation sites (tertiary alicyclic amines) is 1. The summed E-state index contributed by atoms with van der Waals surface area (Å²) in [6, 6.07) is 16.4. The van der Waals surface area contributed by atoms with Crippen molar-refractivity contribution in [2.75, 3.05) is 13.1 Å². The number of benzene rings is 2. The molecule has 0 bridgehead atoms. The fraction of sp³-hybridized carbons (Fsp3) is 0.393. The lowest BCUT2D eigenvalue weighted by atomic mass is 9.95. The van der Waals surface area contributed by atoms with E-state index in [1.807, 2.05) is 39.9 Å². The summed E-state index contributed by atoms with van der Waals surface area (Å²) in [7, 11) is 0. The first-order valence-electron chi connectivity index (χ1n) is 12.6. The van der Waals surface area contributed by atoms with Gasteiger partial charge in [-0.1, -0.05) is 30.3 Å². The lowest BCUT2D eigenvalue weighted by Gasteiger charge is -2.32. The van der Waals surface area contributed by atoms with Crippen LogP contribution in [0.4, 0.5) is 4.39 Å². The molecule has 7 heteroatoms. The van der Waals surface area contributed by atoms with Crippen molar-refractivity contribution in [1.82, 2.24) is 20.0 Å². The van der Waals surface area contributed by atoms with E-state index < -0.39 is 0 Å². The van der Waals surface area contributed by atoms with Crippen LogP contribution in [0.3, 0.4) is 0 Å².